The Morgan fingerprint density at radius 2 is 2.20 bits per heavy atom. The van der Waals surface area contributed by atoms with Gasteiger partial charge in [0.25, 0.3) is 5.91 Å². The second-order valence-corrected chi connectivity index (χ2v) is 4.69. The van der Waals surface area contributed by atoms with Crippen molar-refractivity contribution in [3.63, 3.8) is 0 Å². The molecule has 1 amide bonds. The zero-order valence-corrected chi connectivity index (χ0v) is 11.9. The van der Waals surface area contributed by atoms with E-state index in [0.717, 1.165) is 11.4 Å². The molecule has 1 aromatic carbocycles. The van der Waals surface area contributed by atoms with Crippen molar-refractivity contribution < 1.29 is 9.53 Å². The topological polar surface area (TPSA) is 71.1 Å². The maximum Gasteiger partial charge on any atom is 0.260 e. The number of nitrogens with one attached hydrogen (secondary N) is 1. The summed E-state index contributed by atoms with van der Waals surface area (Å²) in [7, 11) is 1.70. The highest BCUT2D eigenvalue weighted by Gasteiger charge is 2.12. The summed E-state index contributed by atoms with van der Waals surface area (Å²) in [6.07, 6.45) is 0. The summed E-state index contributed by atoms with van der Waals surface area (Å²) in [6, 6.07) is 7.60. The number of carbonyl (C=O) groups is 1. The van der Waals surface area contributed by atoms with Crippen LogP contribution in [-0.2, 0) is 11.3 Å². The van der Waals surface area contributed by atoms with Crippen LogP contribution in [0.5, 0.6) is 5.75 Å². The second-order valence-electron chi connectivity index (χ2n) is 4.69. The molecule has 0 aliphatic heterocycles. The van der Waals surface area contributed by atoms with Crippen LogP contribution in [0.3, 0.4) is 0 Å². The average Bonchev–Trinajstić information content (AvgIpc) is 2.81. The number of rotatable bonds is 5. The molecule has 0 aliphatic rings. The minimum absolute atomic E-state index is 0.00333. The molecule has 1 N–H and O–H groups in total. The average molecular weight is 274 g/mol. The maximum atomic E-state index is 11.9. The van der Waals surface area contributed by atoms with E-state index in [9.17, 15) is 4.79 Å². The summed E-state index contributed by atoms with van der Waals surface area (Å²) in [4.78, 5) is 17.6. The molecule has 2 aromatic rings. The van der Waals surface area contributed by atoms with E-state index in [-0.39, 0.29) is 12.5 Å². The number of H-pyrrole nitrogens is 1. The maximum absolute atomic E-state index is 11.9. The zero-order valence-electron chi connectivity index (χ0n) is 11.9. The molecule has 0 spiro atoms. The fourth-order valence-corrected chi connectivity index (χ4v) is 1.72. The largest absolute Gasteiger partial charge is 0.484 e. The highest BCUT2D eigenvalue weighted by Crippen LogP contribution is 2.12. The highest BCUT2D eigenvalue weighted by atomic mass is 16.5. The van der Waals surface area contributed by atoms with Crippen LogP contribution in [0.1, 0.15) is 17.2 Å². The van der Waals surface area contributed by atoms with Gasteiger partial charge in [-0.25, -0.2) is 4.98 Å². The molecule has 1 aromatic heterocycles. The lowest BCUT2D eigenvalue weighted by atomic mass is 10.2. The van der Waals surface area contributed by atoms with Crippen molar-refractivity contribution in [1.82, 2.24) is 20.1 Å². The van der Waals surface area contributed by atoms with Crippen LogP contribution in [0, 0.1) is 13.8 Å². The number of hydrogen-bond acceptors (Lipinski definition) is 4. The molecule has 6 heteroatoms. The molecule has 0 bridgehead atoms. The second kappa shape index (κ2) is 6.18. The number of aromatic nitrogens is 3. The predicted octanol–water partition coefficient (Wildman–Crippen LogP) is 1.46. The molecule has 20 heavy (non-hydrogen) atoms. The third-order valence-electron chi connectivity index (χ3n) is 2.80. The molecule has 0 radical (unpaired) electrons. The lowest BCUT2D eigenvalue weighted by molar-refractivity contribution is -0.132. The van der Waals surface area contributed by atoms with Gasteiger partial charge in [-0.05, 0) is 31.5 Å². The predicted molar refractivity (Wildman–Crippen MR) is 74.3 cm³/mol. The summed E-state index contributed by atoms with van der Waals surface area (Å²) in [6.45, 7) is 4.16. The summed E-state index contributed by atoms with van der Waals surface area (Å²) in [5, 5.41) is 6.74. The quantitative estimate of drug-likeness (QED) is 0.896. The van der Waals surface area contributed by atoms with Gasteiger partial charge in [-0.3, -0.25) is 9.89 Å². The van der Waals surface area contributed by atoms with Gasteiger partial charge >= 0.3 is 0 Å². The number of benzene rings is 1. The van der Waals surface area contributed by atoms with Gasteiger partial charge in [-0.15, -0.1) is 0 Å². The lowest BCUT2D eigenvalue weighted by Gasteiger charge is -2.15. The van der Waals surface area contributed by atoms with Crippen molar-refractivity contribution in [3.8, 4) is 5.75 Å². The van der Waals surface area contributed by atoms with Crippen LogP contribution in [0.25, 0.3) is 0 Å². The van der Waals surface area contributed by atoms with Gasteiger partial charge in [0.05, 0.1) is 6.54 Å². The first kappa shape index (κ1) is 14.0. The smallest absolute Gasteiger partial charge is 0.260 e. The van der Waals surface area contributed by atoms with Crippen LogP contribution in [0.2, 0.25) is 0 Å². The molecule has 0 fully saturated rings. The first-order valence-corrected chi connectivity index (χ1v) is 6.36. The molecular formula is C14H18N4O2. The van der Waals surface area contributed by atoms with Crippen LogP contribution in [0.15, 0.2) is 24.3 Å². The number of hydrogen-bond donors (Lipinski definition) is 1. The van der Waals surface area contributed by atoms with Gasteiger partial charge in [0.1, 0.15) is 11.6 Å². The standard InChI is InChI=1S/C14H18N4O2/c1-10-5-4-6-12(7-10)20-9-14(19)18(3)8-13-15-11(2)16-17-13/h4-7H,8-9H2,1-3H3,(H,15,16,17). The first-order chi connectivity index (χ1) is 9.54. The van der Waals surface area contributed by atoms with Gasteiger partial charge in [-0.2, -0.15) is 5.10 Å². The molecular weight excluding hydrogens is 256 g/mol. The Morgan fingerprint density at radius 1 is 1.40 bits per heavy atom. The third kappa shape index (κ3) is 3.81. The van der Waals surface area contributed by atoms with E-state index in [0.29, 0.717) is 18.1 Å². The molecule has 6 nitrogen and oxygen atoms in total. The Balaban J connectivity index is 1.85. The van der Waals surface area contributed by atoms with E-state index in [4.69, 9.17) is 4.74 Å². The molecule has 2 rings (SSSR count). The molecule has 1 heterocycles. The van der Waals surface area contributed by atoms with Crippen LogP contribution in [-0.4, -0.2) is 39.6 Å². The third-order valence-corrected chi connectivity index (χ3v) is 2.80. The number of amides is 1. The van der Waals surface area contributed by atoms with Crippen molar-refractivity contribution in [3.05, 3.63) is 41.5 Å². The van der Waals surface area contributed by atoms with E-state index in [1.165, 1.54) is 0 Å². The first-order valence-electron chi connectivity index (χ1n) is 6.36. The molecule has 0 saturated heterocycles. The van der Waals surface area contributed by atoms with Gasteiger partial charge < -0.3 is 9.64 Å². The minimum atomic E-state index is -0.117. The number of likely N-dealkylation sites (N-methyl/N-ethyl adjacent to an activating group) is 1. The Labute approximate surface area is 117 Å². The number of ether oxygens (including phenoxy) is 1. The highest BCUT2D eigenvalue weighted by molar-refractivity contribution is 5.77. The summed E-state index contributed by atoms with van der Waals surface area (Å²) in [5.41, 5.74) is 1.10. The van der Waals surface area contributed by atoms with Crippen molar-refractivity contribution >= 4 is 5.91 Å². The van der Waals surface area contributed by atoms with Gasteiger partial charge in [0, 0.05) is 7.05 Å². The Morgan fingerprint density at radius 3 is 2.85 bits per heavy atom. The van der Waals surface area contributed by atoms with Crippen molar-refractivity contribution in [1.29, 1.82) is 0 Å². The Kier molecular flexibility index (Phi) is 4.34. The Bertz CT molecular complexity index is 594. The van der Waals surface area contributed by atoms with E-state index in [1.807, 2.05) is 38.1 Å². The monoisotopic (exact) mass is 274 g/mol. The van der Waals surface area contributed by atoms with E-state index < -0.39 is 0 Å². The number of aryl methyl sites for hydroxylation is 2. The fraction of sp³-hybridized carbons (Fsp3) is 0.357. The number of aromatic amines is 1. The zero-order chi connectivity index (χ0) is 14.5. The summed E-state index contributed by atoms with van der Waals surface area (Å²) in [5.74, 6) is 1.90. The molecule has 0 atom stereocenters. The van der Waals surface area contributed by atoms with E-state index >= 15 is 0 Å². The Hall–Kier alpha value is -2.37. The summed E-state index contributed by atoms with van der Waals surface area (Å²) >= 11 is 0. The van der Waals surface area contributed by atoms with Gasteiger partial charge in [-0.1, -0.05) is 12.1 Å². The fourth-order valence-electron chi connectivity index (χ4n) is 1.72. The minimum Gasteiger partial charge on any atom is -0.484 e. The molecule has 0 aliphatic carbocycles. The normalized spacial score (nSPS) is 10.3. The van der Waals surface area contributed by atoms with Gasteiger partial charge in [0.2, 0.25) is 0 Å². The number of carbonyl (C=O) groups excluding carboxylic acids is 1. The molecule has 0 unspecified atom stereocenters. The SMILES string of the molecule is Cc1cccc(OCC(=O)N(C)Cc2n[nH]c(C)n2)c1. The molecule has 0 saturated carbocycles. The van der Waals surface area contributed by atoms with E-state index in [1.54, 1.807) is 11.9 Å². The van der Waals surface area contributed by atoms with Crippen molar-refractivity contribution in [2.75, 3.05) is 13.7 Å². The van der Waals surface area contributed by atoms with Crippen LogP contribution >= 0.6 is 0 Å². The molecule has 106 valence electrons. The summed E-state index contributed by atoms with van der Waals surface area (Å²) < 4.78 is 5.47. The van der Waals surface area contributed by atoms with Crippen molar-refractivity contribution in [2.45, 2.75) is 20.4 Å². The van der Waals surface area contributed by atoms with Crippen LogP contribution < -0.4 is 4.74 Å². The van der Waals surface area contributed by atoms with Crippen LogP contribution in [0.4, 0.5) is 0 Å². The van der Waals surface area contributed by atoms with E-state index in [2.05, 4.69) is 15.2 Å². The number of nitrogens with zero attached hydrogens (tertiary/aromatic N) is 3. The van der Waals surface area contributed by atoms with Gasteiger partial charge in [0.15, 0.2) is 12.4 Å². The van der Waals surface area contributed by atoms with Crippen molar-refractivity contribution in [2.24, 2.45) is 0 Å². The lowest BCUT2D eigenvalue weighted by Crippen LogP contribution is -2.31.